The zero-order valence-electron chi connectivity index (χ0n) is 41.4. The van der Waals surface area contributed by atoms with Crippen molar-refractivity contribution in [3.8, 4) is 0 Å². The lowest BCUT2D eigenvalue weighted by atomic mass is 9.32. The third kappa shape index (κ3) is 6.73. The number of likely N-dealkylation sites (tertiary alicyclic amines) is 1. The number of carbonyl (C=O) groups is 4. The lowest BCUT2D eigenvalue weighted by molar-refractivity contribution is -0.251. The standard InChI is InChI=1S/C54H86N2O6/c1-32(2)33-20-25-54(46(60)55-40-31-35(49(40,8)9)43(57)56-28-16-15-17-29-56)27-26-52(13)34(42(33)54)18-19-39-51(12)23-22-41(50(10,11)38(51)21-24-53(39,52)14)61-44(58)36-30-37(48(36,6)7)45(59)62-47(3,4)5/h33-42H,1,15-31H2,2-14H3,(H,55,60)/t33-,34-,35+,36?,37?,38+,39-,40-,41+,42-,51+,52-,53-,54+/m1/s1. The fourth-order valence-electron chi connectivity index (χ4n) is 17.3. The summed E-state index contributed by atoms with van der Waals surface area (Å²) in [6, 6.07) is 0.0246. The van der Waals surface area contributed by atoms with E-state index in [0.29, 0.717) is 36.0 Å². The van der Waals surface area contributed by atoms with Crippen molar-refractivity contribution in [3.63, 3.8) is 0 Å². The molecule has 8 rings (SSSR count). The van der Waals surface area contributed by atoms with Gasteiger partial charge in [-0.05, 0) is 181 Å². The van der Waals surface area contributed by atoms with E-state index in [-0.39, 0.29) is 86.2 Å². The second-order valence-electron chi connectivity index (χ2n) is 26.3. The molecule has 7 saturated carbocycles. The van der Waals surface area contributed by atoms with Crippen LogP contribution in [0, 0.1) is 85.2 Å². The predicted molar refractivity (Wildman–Crippen MR) is 244 cm³/mol. The molecule has 7 aliphatic carbocycles. The first kappa shape index (κ1) is 46.2. The second kappa shape index (κ2) is 15.1. The molecule has 2 unspecified atom stereocenters. The number of ether oxygens (including phenoxy) is 2. The van der Waals surface area contributed by atoms with Gasteiger partial charge in [-0.1, -0.05) is 74.5 Å². The van der Waals surface area contributed by atoms with Gasteiger partial charge >= 0.3 is 11.9 Å². The number of amides is 2. The van der Waals surface area contributed by atoms with Crippen LogP contribution < -0.4 is 5.32 Å². The smallest absolute Gasteiger partial charge is 0.310 e. The highest BCUT2D eigenvalue weighted by Crippen LogP contribution is 2.78. The van der Waals surface area contributed by atoms with Crippen LogP contribution in [0.15, 0.2) is 12.2 Å². The number of piperidine rings is 1. The van der Waals surface area contributed by atoms with Crippen LogP contribution in [-0.2, 0) is 28.7 Å². The summed E-state index contributed by atoms with van der Waals surface area (Å²) in [5.74, 6) is 1.66. The maximum atomic E-state index is 15.1. The first-order valence-electron chi connectivity index (χ1n) is 25.4. The van der Waals surface area contributed by atoms with Crippen molar-refractivity contribution in [1.82, 2.24) is 10.2 Å². The molecule has 8 fully saturated rings. The number of esters is 2. The Morgan fingerprint density at radius 3 is 1.94 bits per heavy atom. The van der Waals surface area contributed by atoms with Gasteiger partial charge in [0.05, 0.1) is 17.3 Å². The van der Waals surface area contributed by atoms with E-state index in [1.807, 2.05) is 34.6 Å². The Balaban J connectivity index is 0.975. The number of hydrogen-bond donors (Lipinski definition) is 1. The van der Waals surface area contributed by atoms with Gasteiger partial charge in [0.1, 0.15) is 11.7 Å². The molecular weight excluding hydrogens is 773 g/mol. The number of nitrogens with one attached hydrogen (secondary N) is 1. The predicted octanol–water partition coefficient (Wildman–Crippen LogP) is 11.1. The quantitative estimate of drug-likeness (QED) is 0.202. The fraction of sp³-hybridized carbons (Fsp3) is 0.889. The summed E-state index contributed by atoms with van der Waals surface area (Å²) in [4.78, 5) is 57.9. The second-order valence-corrected chi connectivity index (χ2v) is 26.3. The molecule has 0 aromatic carbocycles. The van der Waals surface area contributed by atoms with E-state index in [1.54, 1.807) is 0 Å². The Morgan fingerprint density at radius 2 is 1.32 bits per heavy atom. The van der Waals surface area contributed by atoms with Crippen molar-refractivity contribution in [2.75, 3.05) is 13.1 Å². The Morgan fingerprint density at radius 1 is 0.661 bits per heavy atom. The average molecular weight is 859 g/mol. The van der Waals surface area contributed by atoms with Crippen LogP contribution in [0.3, 0.4) is 0 Å². The van der Waals surface area contributed by atoms with E-state index < -0.39 is 11.0 Å². The largest absolute Gasteiger partial charge is 0.462 e. The van der Waals surface area contributed by atoms with Crippen LogP contribution in [0.5, 0.6) is 0 Å². The van der Waals surface area contributed by atoms with Crippen LogP contribution >= 0.6 is 0 Å². The number of fused-ring (bicyclic) bond motifs is 7. The molecule has 348 valence electrons. The van der Waals surface area contributed by atoms with Crippen LogP contribution in [0.1, 0.15) is 186 Å². The average Bonchev–Trinajstić information content (AvgIpc) is 3.58. The first-order valence-corrected chi connectivity index (χ1v) is 25.4. The summed E-state index contributed by atoms with van der Waals surface area (Å²) in [5, 5.41) is 3.67. The highest BCUT2D eigenvalue weighted by molar-refractivity contribution is 5.86. The minimum atomic E-state index is -0.556. The fourth-order valence-corrected chi connectivity index (χ4v) is 17.3. The third-order valence-corrected chi connectivity index (χ3v) is 21.5. The topological polar surface area (TPSA) is 102 Å². The summed E-state index contributed by atoms with van der Waals surface area (Å²) in [5.41, 5.74) is -0.271. The van der Waals surface area contributed by atoms with Crippen LogP contribution in [0.4, 0.5) is 0 Å². The van der Waals surface area contributed by atoms with E-state index in [9.17, 15) is 14.4 Å². The number of allylic oxidation sites excluding steroid dienone is 1. The lowest BCUT2D eigenvalue weighted by Crippen LogP contribution is -2.68. The molecule has 8 aliphatic rings. The Kier molecular flexibility index (Phi) is 11.2. The molecule has 0 aromatic heterocycles. The highest BCUT2D eigenvalue weighted by atomic mass is 16.6. The van der Waals surface area contributed by atoms with Gasteiger partial charge in [0.2, 0.25) is 11.8 Å². The molecule has 0 spiro atoms. The molecule has 0 radical (unpaired) electrons. The van der Waals surface area contributed by atoms with Crippen molar-refractivity contribution in [2.24, 2.45) is 85.2 Å². The molecule has 62 heavy (non-hydrogen) atoms. The number of nitrogens with zero attached hydrogens (tertiary/aromatic N) is 1. The molecule has 1 N–H and O–H groups in total. The Bertz CT molecular complexity index is 1840. The number of carbonyl (C=O) groups excluding carboxylic acids is 4. The minimum Gasteiger partial charge on any atom is -0.462 e. The zero-order valence-corrected chi connectivity index (χ0v) is 41.4. The van der Waals surface area contributed by atoms with E-state index in [1.165, 1.54) is 18.4 Å². The van der Waals surface area contributed by atoms with Crippen LogP contribution in [0.25, 0.3) is 0 Å². The van der Waals surface area contributed by atoms with Gasteiger partial charge in [-0.25, -0.2) is 0 Å². The van der Waals surface area contributed by atoms with E-state index in [0.717, 1.165) is 90.1 Å². The maximum absolute atomic E-state index is 15.1. The molecule has 14 atom stereocenters. The summed E-state index contributed by atoms with van der Waals surface area (Å²) in [6.45, 7) is 35.3. The van der Waals surface area contributed by atoms with Gasteiger partial charge < -0.3 is 19.7 Å². The first-order chi connectivity index (χ1) is 28.7. The van der Waals surface area contributed by atoms with Crippen molar-refractivity contribution in [2.45, 2.75) is 204 Å². The molecular formula is C54H86N2O6. The molecule has 1 saturated heterocycles. The van der Waals surface area contributed by atoms with E-state index in [2.05, 4.69) is 72.2 Å². The highest BCUT2D eigenvalue weighted by Gasteiger charge is 2.72. The minimum absolute atomic E-state index is 0.0205. The summed E-state index contributed by atoms with van der Waals surface area (Å²) < 4.78 is 12.3. The third-order valence-electron chi connectivity index (χ3n) is 21.5. The van der Waals surface area contributed by atoms with Gasteiger partial charge in [-0.3, -0.25) is 19.2 Å². The maximum Gasteiger partial charge on any atom is 0.310 e. The van der Waals surface area contributed by atoms with E-state index >= 15 is 4.79 Å². The normalized spacial score (nSPS) is 45.0. The molecule has 8 nitrogen and oxygen atoms in total. The van der Waals surface area contributed by atoms with Crippen LogP contribution in [-0.4, -0.2) is 59.5 Å². The molecule has 1 heterocycles. The van der Waals surface area contributed by atoms with Crippen molar-refractivity contribution in [1.29, 1.82) is 0 Å². The number of hydrogen-bond acceptors (Lipinski definition) is 6. The van der Waals surface area contributed by atoms with Crippen molar-refractivity contribution in [3.05, 3.63) is 12.2 Å². The molecule has 1 aliphatic heterocycles. The molecule has 2 amide bonds. The number of rotatable bonds is 7. The Hall–Kier alpha value is -2.38. The lowest BCUT2D eigenvalue weighted by Gasteiger charge is -2.73. The van der Waals surface area contributed by atoms with E-state index in [4.69, 9.17) is 9.47 Å². The zero-order chi connectivity index (χ0) is 45.4. The van der Waals surface area contributed by atoms with Crippen molar-refractivity contribution < 1.29 is 28.7 Å². The SMILES string of the molecule is C=C(C)[C@H]1CC[C@]2(C(=O)N[C@@H]3C[C@@H](C(=O)N4CCCCC4)C3(C)C)CC[C@]3(C)[C@H](CC[C@@H]4[C@@]5(C)CC[C@H](OC(=O)C6CC(C(=O)OC(C)(C)C)C6(C)C)C(C)(C)[C@@H]5CC[C@]43C)[C@@H]12. The van der Waals surface area contributed by atoms with Gasteiger partial charge in [0, 0.05) is 30.5 Å². The summed E-state index contributed by atoms with van der Waals surface area (Å²) in [7, 11) is 0. The monoisotopic (exact) mass is 859 g/mol. The molecule has 0 bridgehead atoms. The van der Waals surface area contributed by atoms with Gasteiger partial charge in [0.25, 0.3) is 0 Å². The van der Waals surface area contributed by atoms with Gasteiger partial charge in [0.15, 0.2) is 0 Å². The molecule has 8 heteroatoms. The van der Waals surface area contributed by atoms with Crippen molar-refractivity contribution >= 4 is 23.8 Å². The summed E-state index contributed by atoms with van der Waals surface area (Å²) in [6.07, 6.45) is 15.0. The van der Waals surface area contributed by atoms with Gasteiger partial charge in [-0.15, -0.1) is 0 Å². The van der Waals surface area contributed by atoms with Gasteiger partial charge in [-0.2, -0.15) is 0 Å². The molecule has 0 aromatic rings. The van der Waals surface area contributed by atoms with Crippen LogP contribution in [0.2, 0.25) is 0 Å². The Labute approximate surface area is 376 Å². The summed E-state index contributed by atoms with van der Waals surface area (Å²) >= 11 is 0.